The third kappa shape index (κ3) is 3.46. The van der Waals surface area contributed by atoms with Crippen LogP contribution in [-0.2, 0) is 10.8 Å². The minimum atomic E-state index is -1.24. The van der Waals surface area contributed by atoms with Gasteiger partial charge in [0.05, 0.1) is 0 Å². The van der Waals surface area contributed by atoms with Gasteiger partial charge in [0.1, 0.15) is 0 Å². The molecule has 0 aromatic heterocycles. The van der Waals surface area contributed by atoms with Crippen molar-refractivity contribution in [2.45, 2.75) is 13.8 Å². The van der Waals surface area contributed by atoms with Crippen molar-refractivity contribution < 1.29 is 4.21 Å². The van der Waals surface area contributed by atoms with Crippen molar-refractivity contribution in [3.63, 3.8) is 0 Å². The maximum atomic E-state index is 10.4. The summed E-state index contributed by atoms with van der Waals surface area (Å²) >= 11 is 0. The highest BCUT2D eigenvalue weighted by Gasteiger charge is 1.77. The Morgan fingerprint density at radius 1 is 1.12 bits per heavy atom. The van der Waals surface area contributed by atoms with Crippen LogP contribution in [0, 0.1) is 22.3 Å². The van der Waals surface area contributed by atoms with Crippen molar-refractivity contribution in [2.75, 3.05) is 0 Å². The van der Waals surface area contributed by atoms with Gasteiger partial charge < -0.3 is 0 Å². The highest BCUT2D eigenvalue weighted by Crippen LogP contribution is 1.70. The van der Waals surface area contributed by atoms with E-state index in [1.807, 2.05) is 0 Å². The first-order valence-corrected chi connectivity index (χ1v) is 3.22. The molecule has 8 heavy (non-hydrogen) atoms. The maximum Gasteiger partial charge on any atom is 0.175 e. The summed E-state index contributed by atoms with van der Waals surface area (Å²) < 4.78 is 10.4. The molecule has 42 valence electrons. The van der Waals surface area contributed by atoms with Crippen LogP contribution in [0.5, 0.6) is 0 Å². The van der Waals surface area contributed by atoms with Crippen LogP contribution in [0.3, 0.4) is 0 Å². The summed E-state index contributed by atoms with van der Waals surface area (Å²) in [6, 6.07) is 0. The molecule has 0 bridgehead atoms. The van der Waals surface area contributed by atoms with Gasteiger partial charge in [-0.3, -0.25) is 0 Å². The first kappa shape index (κ1) is 7.27. The second-order valence-electron chi connectivity index (χ2n) is 0.973. The van der Waals surface area contributed by atoms with E-state index in [1.165, 1.54) is 0 Å². The lowest BCUT2D eigenvalue weighted by molar-refractivity contribution is 0.694. The zero-order chi connectivity index (χ0) is 6.41. The Morgan fingerprint density at radius 2 is 1.50 bits per heavy atom. The smallest absolute Gasteiger partial charge is 0.175 e. The Morgan fingerprint density at radius 3 is 1.75 bits per heavy atom. The molecule has 0 spiro atoms. The maximum absolute atomic E-state index is 10.4. The predicted molar refractivity (Wildman–Crippen MR) is 35.0 cm³/mol. The van der Waals surface area contributed by atoms with Gasteiger partial charge in [-0.05, 0) is 13.8 Å². The largest absolute Gasteiger partial charge is 0.232 e. The topological polar surface area (TPSA) is 17.1 Å². The molecule has 0 heterocycles. The average molecular weight is 126 g/mol. The van der Waals surface area contributed by atoms with Crippen molar-refractivity contribution in [3.05, 3.63) is 0 Å². The summed E-state index contributed by atoms with van der Waals surface area (Å²) in [6.07, 6.45) is 0. The normalized spacial score (nSPS) is 6.38. The monoisotopic (exact) mass is 126 g/mol. The van der Waals surface area contributed by atoms with Gasteiger partial charge in [-0.25, -0.2) is 4.21 Å². The van der Waals surface area contributed by atoms with E-state index in [9.17, 15) is 4.21 Å². The molecule has 0 saturated carbocycles. The first-order valence-electron chi connectivity index (χ1n) is 2.07. The van der Waals surface area contributed by atoms with Crippen molar-refractivity contribution in [2.24, 2.45) is 0 Å². The average Bonchev–Trinajstić information content (AvgIpc) is 1.68. The molecule has 0 aliphatic rings. The SMILES string of the molecule is CC#CS(=O)C#CC. The fourth-order valence-corrected chi connectivity index (χ4v) is 0.633. The summed E-state index contributed by atoms with van der Waals surface area (Å²) in [7, 11) is -1.24. The fraction of sp³-hybridized carbons (Fsp3) is 0.333. The zero-order valence-electron chi connectivity index (χ0n) is 4.82. The first-order chi connectivity index (χ1) is 3.81. The number of rotatable bonds is 0. The molecule has 0 aliphatic carbocycles. The molecule has 0 N–H and O–H groups in total. The van der Waals surface area contributed by atoms with E-state index >= 15 is 0 Å². The summed E-state index contributed by atoms with van der Waals surface area (Å²) in [4.78, 5) is 0. The molecular formula is C6H6OS. The Bertz CT molecular complexity index is 174. The zero-order valence-corrected chi connectivity index (χ0v) is 5.63. The van der Waals surface area contributed by atoms with E-state index in [0.717, 1.165) is 0 Å². The standard InChI is InChI=1S/C6H6OS/c1-3-5-8(7)6-4-2/h1-2H3. The van der Waals surface area contributed by atoms with Gasteiger partial charge in [0, 0.05) is 10.5 Å². The Kier molecular flexibility index (Phi) is 4.03. The molecule has 0 aromatic rings. The van der Waals surface area contributed by atoms with Crippen LogP contribution in [0.4, 0.5) is 0 Å². The van der Waals surface area contributed by atoms with Crippen molar-refractivity contribution in [1.29, 1.82) is 0 Å². The lowest BCUT2D eigenvalue weighted by Gasteiger charge is -1.67. The Hall–Kier alpha value is -0.730. The second-order valence-corrected chi connectivity index (χ2v) is 1.92. The molecule has 0 aromatic carbocycles. The third-order valence-corrected chi connectivity index (χ3v) is 1.17. The summed E-state index contributed by atoms with van der Waals surface area (Å²) in [5.74, 6) is 5.00. The minimum Gasteiger partial charge on any atom is -0.232 e. The summed E-state index contributed by atoms with van der Waals surface area (Å²) in [5, 5.41) is 4.79. The van der Waals surface area contributed by atoms with E-state index in [2.05, 4.69) is 22.3 Å². The van der Waals surface area contributed by atoms with E-state index in [1.54, 1.807) is 13.8 Å². The Labute approximate surface area is 51.9 Å². The van der Waals surface area contributed by atoms with Crippen LogP contribution < -0.4 is 0 Å². The van der Waals surface area contributed by atoms with Gasteiger partial charge in [0.2, 0.25) is 0 Å². The lowest BCUT2D eigenvalue weighted by atomic mass is 10.8. The summed E-state index contributed by atoms with van der Waals surface area (Å²) in [5.41, 5.74) is 0. The van der Waals surface area contributed by atoms with Crippen LogP contribution in [0.1, 0.15) is 13.8 Å². The van der Waals surface area contributed by atoms with E-state index in [0.29, 0.717) is 0 Å². The van der Waals surface area contributed by atoms with Crippen LogP contribution in [0.25, 0.3) is 0 Å². The van der Waals surface area contributed by atoms with Crippen LogP contribution in [0.15, 0.2) is 0 Å². The molecule has 1 nitrogen and oxygen atoms in total. The van der Waals surface area contributed by atoms with Crippen LogP contribution in [-0.4, -0.2) is 4.21 Å². The van der Waals surface area contributed by atoms with E-state index in [4.69, 9.17) is 0 Å². The van der Waals surface area contributed by atoms with Gasteiger partial charge in [-0.1, -0.05) is 11.8 Å². The molecule has 0 radical (unpaired) electrons. The van der Waals surface area contributed by atoms with Crippen molar-refractivity contribution in [3.8, 4) is 22.3 Å². The molecule has 2 heteroatoms. The highest BCUT2D eigenvalue weighted by atomic mass is 32.2. The summed E-state index contributed by atoms with van der Waals surface area (Å²) in [6.45, 7) is 3.27. The molecule has 0 saturated heterocycles. The molecule has 0 fully saturated rings. The molecule has 0 unspecified atom stereocenters. The van der Waals surface area contributed by atoms with Crippen LogP contribution in [0.2, 0.25) is 0 Å². The molecule has 0 atom stereocenters. The lowest BCUT2D eigenvalue weighted by Crippen LogP contribution is -1.73. The van der Waals surface area contributed by atoms with Gasteiger partial charge in [0.15, 0.2) is 10.8 Å². The number of hydrogen-bond acceptors (Lipinski definition) is 1. The highest BCUT2D eigenvalue weighted by molar-refractivity contribution is 7.94. The van der Waals surface area contributed by atoms with Gasteiger partial charge in [-0.15, -0.1) is 0 Å². The third-order valence-electron chi connectivity index (χ3n) is 0.390. The molecule has 0 amide bonds. The van der Waals surface area contributed by atoms with Crippen molar-refractivity contribution in [1.82, 2.24) is 0 Å². The van der Waals surface area contributed by atoms with E-state index in [-0.39, 0.29) is 0 Å². The second kappa shape index (κ2) is 4.43. The molecular weight excluding hydrogens is 120 g/mol. The van der Waals surface area contributed by atoms with Gasteiger partial charge in [-0.2, -0.15) is 0 Å². The fourth-order valence-electron chi connectivity index (χ4n) is 0.211. The van der Waals surface area contributed by atoms with Crippen molar-refractivity contribution >= 4 is 10.8 Å². The van der Waals surface area contributed by atoms with Gasteiger partial charge in [0.25, 0.3) is 0 Å². The van der Waals surface area contributed by atoms with E-state index < -0.39 is 10.8 Å². The Balaban J connectivity index is 3.92. The van der Waals surface area contributed by atoms with Gasteiger partial charge >= 0.3 is 0 Å². The quantitative estimate of drug-likeness (QED) is 0.436. The predicted octanol–water partition coefficient (Wildman–Crippen LogP) is 0.697. The number of hydrogen-bond donors (Lipinski definition) is 0. The molecule has 0 rings (SSSR count). The molecule has 0 aliphatic heterocycles. The minimum absolute atomic E-state index is 1.24. The van der Waals surface area contributed by atoms with Crippen LogP contribution >= 0.6 is 0 Å².